The van der Waals surface area contributed by atoms with E-state index in [2.05, 4.69) is 19.2 Å². The molecule has 0 rings (SSSR count). The van der Waals surface area contributed by atoms with E-state index in [4.69, 9.17) is 0 Å². The van der Waals surface area contributed by atoms with Gasteiger partial charge in [-0.3, -0.25) is 4.79 Å². The molecule has 1 amide bonds. The van der Waals surface area contributed by atoms with Crippen molar-refractivity contribution in [2.45, 2.75) is 372 Å². The molecule has 0 aliphatic heterocycles. The number of aliphatic hydroxyl groups is 3. The summed E-state index contributed by atoms with van der Waals surface area (Å²) in [5.74, 6) is -0.135. The van der Waals surface area contributed by atoms with Crippen molar-refractivity contribution in [3.8, 4) is 0 Å². The van der Waals surface area contributed by atoms with Crippen LogP contribution in [0.3, 0.4) is 0 Å². The van der Waals surface area contributed by atoms with Crippen LogP contribution in [-0.2, 0) is 4.79 Å². The van der Waals surface area contributed by atoms with Crippen molar-refractivity contribution in [1.82, 2.24) is 5.32 Å². The van der Waals surface area contributed by atoms with E-state index in [-0.39, 0.29) is 12.5 Å². The lowest BCUT2D eigenvalue weighted by molar-refractivity contribution is -0.124. The van der Waals surface area contributed by atoms with Crippen molar-refractivity contribution in [2.75, 3.05) is 6.61 Å². The van der Waals surface area contributed by atoms with Gasteiger partial charge in [-0.15, -0.1) is 0 Å². The zero-order valence-electron chi connectivity index (χ0n) is 44.7. The summed E-state index contributed by atoms with van der Waals surface area (Å²) in [7, 11) is 0. The minimum atomic E-state index is -1.13. The molecule has 0 bridgehead atoms. The van der Waals surface area contributed by atoms with Gasteiger partial charge in [-0.2, -0.15) is 0 Å². The maximum Gasteiger partial charge on any atom is 0.220 e. The molecule has 4 N–H and O–H groups in total. The largest absolute Gasteiger partial charge is 0.394 e. The topological polar surface area (TPSA) is 89.8 Å². The zero-order valence-corrected chi connectivity index (χ0v) is 44.7. The second-order valence-corrected chi connectivity index (χ2v) is 21.3. The highest BCUT2D eigenvalue weighted by molar-refractivity contribution is 5.76. The van der Waals surface area contributed by atoms with E-state index in [1.165, 1.54) is 295 Å². The van der Waals surface area contributed by atoms with Gasteiger partial charge in [0.2, 0.25) is 5.91 Å². The second kappa shape index (κ2) is 55.9. The molecular formula is C60H121NO4. The number of unbranched alkanes of at least 4 members (excludes halogenated alkanes) is 49. The standard InChI is InChI=1S/C60H121NO4/c1-3-5-7-9-11-13-15-17-19-21-23-25-26-27-28-29-30-31-32-33-34-35-37-39-41-43-45-47-49-51-53-55-59(64)61-57(56-62)60(65)58(63)54-52-50-48-46-44-42-40-38-36-24-22-20-18-16-14-12-10-8-6-4-2/h57-58,60,62-63,65H,3-56H2,1-2H3,(H,61,64). The van der Waals surface area contributed by atoms with Gasteiger partial charge in [0.15, 0.2) is 0 Å². The van der Waals surface area contributed by atoms with Gasteiger partial charge >= 0.3 is 0 Å². The molecule has 0 fully saturated rings. The minimum absolute atomic E-state index is 0.135. The molecule has 5 nitrogen and oxygen atoms in total. The Labute approximate surface area is 408 Å². The van der Waals surface area contributed by atoms with Gasteiger partial charge in [0, 0.05) is 6.42 Å². The van der Waals surface area contributed by atoms with Gasteiger partial charge < -0.3 is 20.6 Å². The molecule has 0 spiro atoms. The number of carbonyl (C=O) groups excluding carboxylic acids is 1. The number of amides is 1. The molecule has 0 radical (unpaired) electrons. The fraction of sp³-hybridized carbons (Fsp3) is 0.983. The van der Waals surface area contributed by atoms with Gasteiger partial charge in [0.25, 0.3) is 0 Å². The molecule has 0 aliphatic carbocycles. The van der Waals surface area contributed by atoms with E-state index in [0.29, 0.717) is 12.8 Å². The molecule has 390 valence electrons. The normalized spacial score (nSPS) is 13.1. The average molecular weight is 921 g/mol. The van der Waals surface area contributed by atoms with Gasteiger partial charge in [-0.05, 0) is 12.8 Å². The highest BCUT2D eigenvalue weighted by Crippen LogP contribution is 2.19. The molecular weight excluding hydrogens is 799 g/mol. The first kappa shape index (κ1) is 64.3. The Morgan fingerprint density at radius 3 is 0.738 bits per heavy atom. The Kier molecular flexibility index (Phi) is 55.4. The summed E-state index contributed by atoms with van der Waals surface area (Å²) < 4.78 is 0. The first-order chi connectivity index (χ1) is 32.1. The van der Waals surface area contributed by atoms with Crippen LogP contribution in [0.15, 0.2) is 0 Å². The van der Waals surface area contributed by atoms with E-state index >= 15 is 0 Å². The highest BCUT2D eigenvalue weighted by Gasteiger charge is 2.26. The summed E-state index contributed by atoms with van der Waals surface area (Å²) in [4.78, 5) is 12.5. The van der Waals surface area contributed by atoms with Crippen molar-refractivity contribution in [3.05, 3.63) is 0 Å². The number of nitrogens with one attached hydrogen (secondary N) is 1. The van der Waals surface area contributed by atoms with Crippen molar-refractivity contribution < 1.29 is 20.1 Å². The van der Waals surface area contributed by atoms with Crippen LogP contribution in [0.25, 0.3) is 0 Å². The maximum absolute atomic E-state index is 12.5. The van der Waals surface area contributed by atoms with E-state index in [9.17, 15) is 20.1 Å². The lowest BCUT2D eigenvalue weighted by Gasteiger charge is -2.26. The van der Waals surface area contributed by atoms with Crippen LogP contribution < -0.4 is 5.32 Å². The first-order valence-electron chi connectivity index (χ1n) is 30.3. The summed E-state index contributed by atoms with van der Waals surface area (Å²) in [5.41, 5.74) is 0. The Morgan fingerprint density at radius 1 is 0.323 bits per heavy atom. The van der Waals surface area contributed by atoms with E-state index in [0.717, 1.165) is 32.1 Å². The Hall–Kier alpha value is -0.650. The summed E-state index contributed by atoms with van der Waals surface area (Å²) in [6, 6.07) is -0.805. The summed E-state index contributed by atoms with van der Waals surface area (Å²) in [5, 5.41) is 33.8. The lowest BCUT2D eigenvalue weighted by atomic mass is 9.99. The third kappa shape index (κ3) is 51.0. The Bertz CT molecular complexity index is 883. The predicted molar refractivity (Wildman–Crippen MR) is 287 cm³/mol. The van der Waals surface area contributed by atoms with Gasteiger partial charge in [-0.25, -0.2) is 0 Å². The summed E-state index contributed by atoms with van der Waals surface area (Å²) >= 11 is 0. The van der Waals surface area contributed by atoms with Crippen LogP contribution in [-0.4, -0.2) is 46.1 Å². The molecule has 0 aliphatic rings. The zero-order chi connectivity index (χ0) is 47.2. The van der Waals surface area contributed by atoms with Crippen molar-refractivity contribution in [1.29, 1.82) is 0 Å². The van der Waals surface area contributed by atoms with Crippen LogP contribution in [0.1, 0.15) is 354 Å². The number of rotatable bonds is 57. The van der Waals surface area contributed by atoms with Crippen molar-refractivity contribution in [3.63, 3.8) is 0 Å². The molecule has 0 saturated carbocycles. The molecule has 65 heavy (non-hydrogen) atoms. The smallest absolute Gasteiger partial charge is 0.220 e. The maximum atomic E-state index is 12.5. The predicted octanol–water partition coefficient (Wildman–Crippen LogP) is 18.9. The average Bonchev–Trinajstić information content (AvgIpc) is 3.31. The SMILES string of the molecule is CCCCCCCCCCCCCCCCCCCCCCCCCCCCCCCCCC(=O)NC(CO)C(O)C(O)CCCCCCCCCCCCCCCCCCCCCC. The molecule has 3 unspecified atom stereocenters. The van der Waals surface area contributed by atoms with Crippen LogP contribution in [0.4, 0.5) is 0 Å². The minimum Gasteiger partial charge on any atom is -0.394 e. The molecule has 0 aromatic rings. The van der Waals surface area contributed by atoms with Crippen LogP contribution in [0.2, 0.25) is 0 Å². The van der Waals surface area contributed by atoms with Crippen LogP contribution in [0.5, 0.6) is 0 Å². The Morgan fingerprint density at radius 2 is 0.523 bits per heavy atom. The first-order valence-corrected chi connectivity index (χ1v) is 30.3. The van der Waals surface area contributed by atoms with Gasteiger partial charge in [0.1, 0.15) is 6.10 Å². The summed E-state index contributed by atoms with van der Waals surface area (Å²) in [6.07, 6.45) is 68.5. The molecule has 0 aromatic heterocycles. The van der Waals surface area contributed by atoms with Crippen LogP contribution in [0, 0.1) is 0 Å². The molecule has 0 saturated heterocycles. The molecule has 3 atom stereocenters. The van der Waals surface area contributed by atoms with Crippen LogP contribution >= 0.6 is 0 Å². The molecule has 5 heteroatoms. The van der Waals surface area contributed by atoms with E-state index < -0.39 is 18.2 Å². The number of carbonyl (C=O) groups is 1. The number of hydrogen-bond donors (Lipinski definition) is 4. The highest BCUT2D eigenvalue weighted by atomic mass is 16.3. The van der Waals surface area contributed by atoms with E-state index in [1.807, 2.05) is 0 Å². The fourth-order valence-corrected chi connectivity index (χ4v) is 10.1. The van der Waals surface area contributed by atoms with Gasteiger partial charge in [0.05, 0.1) is 18.8 Å². The monoisotopic (exact) mass is 920 g/mol. The number of hydrogen-bond acceptors (Lipinski definition) is 4. The second-order valence-electron chi connectivity index (χ2n) is 21.3. The van der Waals surface area contributed by atoms with Gasteiger partial charge in [-0.1, -0.05) is 335 Å². The quantitative estimate of drug-likeness (QED) is 0.0458. The van der Waals surface area contributed by atoms with Crippen molar-refractivity contribution >= 4 is 5.91 Å². The fourth-order valence-electron chi connectivity index (χ4n) is 10.1. The third-order valence-electron chi connectivity index (χ3n) is 14.7. The molecule has 0 aromatic carbocycles. The molecule has 0 heterocycles. The summed E-state index contributed by atoms with van der Waals surface area (Å²) in [6.45, 7) is 4.23. The number of aliphatic hydroxyl groups excluding tert-OH is 3. The Balaban J connectivity index is 3.45. The third-order valence-corrected chi connectivity index (χ3v) is 14.7. The lowest BCUT2D eigenvalue weighted by Crippen LogP contribution is -2.50. The van der Waals surface area contributed by atoms with Crippen molar-refractivity contribution in [2.24, 2.45) is 0 Å². The van der Waals surface area contributed by atoms with E-state index in [1.54, 1.807) is 0 Å².